The maximum atomic E-state index is 6.49. The van der Waals surface area contributed by atoms with Crippen LogP contribution in [0.1, 0.15) is 36.2 Å². The normalized spacial score (nSPS) is 34.9. The molecule has 122 valence electrons. The molecule has 1 saturated carbocycles. The first-order valence-corrected chi connectivity index (χ1v) is 8.97. The summed E-state index contributed by atoms with van der Waals surface area (Å²) in [6, 6.07) is 21.0. The average molecular weight is 318 g/mol. The molecule has 0 N–H and O–H groups in total. The van der Waals surface area contributed by atoms with E-state index in [9.17, 15) is 0 Å². The molecule has 2 nitrogen and oxygen atoms in total. The Morgan fingerprint density at radius 2 is 1.25 bits per heavy atom. The second-order valence-electron chi connectivity index (χ2n) is 7.25. The fraction of sp³-hybridized carbons (Fsp3) is 0.364. The molecule has 5 rings (SSSR count). The summed E-state index contributed by atoms with van der Waals surface area (Å²) in [4.78, 5) is 0. The third kappa shape index (κ3) is 2.42. The SMILES string of the molecule is C1=CC2CC1CC2C1O[C@@H](c2ccccc2)[C@H](c2ccccc2)O1. The van der Waals surface area contributed by atoms with E-state index < -0.39 is 0 Å². The Morgan fingerprint density at radius 1 is 0.667 bits per heavy atom. The first-order valence-electron chi connectivity index (χ1n) is 8.97. The van der Waals surface area contributed by atoms with Crippen molar-refractivity contribution in [1.82, 2.24) is 0 Å². The minimum absolute atomic E-state index is 0.0262. The van der Waals surface area contributed by atoms with Gasteiger partial charge in [0, 0.05) is 5.92 Å². The number of benzene rings is 2. The molecule has 3 aliphatic rings. The number of ether oxygens (including phenoxy) is 2. The molecular formula is C22H22O2. The van der Waals surface area contributed by atoms with Crippen LogP contribution in [-0.2, 0) is 9.47 Å². The molecule has 0 radical (unpaired) electrons. The van der Waals surface area contributed by atoms with Gasteiger partial charge in [0.25, 0.3) is 0 Å². The molecule has 2 aliphatic carbocycles. The zero-order chi connectivity index (χ0) is 15.9. The molecule has 0 aromatic heterocycles. The third-order valence-corrected chi connectivity index (χ3v) is 5.77. The van der Waals surface area contributed by atoms with Crippen LogP contribution in [0.5, 0.6) is 0 Å². The molecule has 2 aromatic rings. The van der Waals surface area contributed by atoms with Crippen LogP contribution >= 0.6 is 0 Å². The summed E-state index contributed by atoms with van der Waals surface area (Å²) in [5.74, 6) is 1.86. The van der Waals surface area contributed by atoms with E-state index in [1.165, 1.54) is 24.0 Å². The van der Waals surface area contributed by atoms with Crippen LogP contribution in [-0.4, -0.2) is 6.29 Å². The largest absolute Gasteiger partial charge is 0.341 e. The van der Waals surface area contributed by atoms with Crippen molar-refractivity contribution in [3.8, 4) is 0 Å². The van der Waals surface area contributed by atoms with Gasteiger partial charge in [-0.1, -0.05) is 72.8 Å². The maximum Gasteiger partial charge on any atom is 0.162 e. The van der Waals surface area contributed by atoms with Gasteiger partial charge >= 0.3 is 0 Å². The zero-order valence-corrected chi connectivity index (χ0v) is 13.6. The van der Waals surface area contributed by atoms with Crippen LogP contribution in [0.4, 0.5) is 0 Å². The molecule has 24 heavy (non-hydrogen) atoms. The molecule has 0 amide bonds. The van der Waals surface area contributed by atoms with Crippen molar-refractivity contribution in [3.63, 3.8) is 0 Å². The van der Waals surface area contributed by atoms with E-state index in [1.807, 2.05) is 0 Å². The Morgan fingerprint density at radius 3 is 1.71 bits per heavy atom. The van der Waals surface area contributed by atoms with Gasteiger partial charge in [-0.15, -0.1) is 0 Å². The van der Waals surface area contributed by atoms with Gasteiger partial charge in [-0.3, -0.25) is 0 Å². The quantitative estimate of drug-likeness (QED) is 0.737. The fourth-order valence-electron chi connectivity index (χ4n) is 4.59. The van der Waals surface area contributed by atoms with Gasteiger partial charge in [0.2, 0.25) is 0 Å². The molecule has 2 fully saturated rings. The number of allylic oxidation sites excluding steroid dienone is 2. The predicted octanol–water partition coefficient (Wildman–Crippen LogP) is 5.05. The second-order valence-corrected chi connectivity index (χ2v) is 7.25. The summed E-state index contributed by atoms with van der Waals surface area (Å²) >= 11 is 0. The molecule has 0 spiro atoms. The van der Waals surface area contributed by atoms with Crippen LogP contribution in [0.15, 0.2) is 72.8 Å². The summed E-state index contributed by atoms with van der Waals surface area (Å²) < 4.78 is 13.0. The molecule has 1 saturated heterocycles. The molecule has 2 bridgehead atoms. The lowest BCUT2D eigenvalue weighted by atomic mass is 9.93. The van der Waals surface area contributed by atoms with E-state index in [0.29, 0.717) is 11.8 Å². The van der Waals surface area contributed by atoms with Crippen LogP contribution in [0, 0.1) is 17.8 Å². The lowest BCUT2D eigenvalue weighted by Gasteiger charge is -2.24. The molecule has 5 atom stereocenters. The van der Waals surface area contributed by atoms with Crippen molar-refractivity contribution in [2.75, 3.05) is 0 Å². The van der Waals surface area contributed by atoms with Gasteiger partial charge in [0.05, 0.1) is 0 Å². The molecular weight excluding hydrogens is 296 g/mol. The Balaban J connectivity index is 1.46. The van der Waals surface area contributed by atoms with Gasteiger partial charge in [-0.2, -0.15) is 0 Å². The van der Waals surface area contributed by atoms with Crippen LogP contribution in [0.3, 0.4) is 0 Å². The molecule has 2 aromatic carbocycles. The zero-order valence-electron chi connectivity index (χ0n) is 13.6. The average Bonchev–Trinajstić information content (AvgIpc) is 3.38. The first-order chi connectivity index (χ1) is 11.9. The van der Waals surface area contributed by atoms with Crippen molar-refractivity contribution in [2.24, 2.45) is 17.8 Å². The van der Waals surface area contributed by atoms with Crippen molar-refractivity contribution in [2.45, 2.75) is 31.3 Å². The molecule has 1 heterocycles. The van der Waals surface area contributed by atoms with Crippen LogP contribution in [0.2, 0.25) is 0 Å². The Bertz CT molecular complexity index is 677. The van der Waals surface area contributed by atoms with Crippen molar-refractivity contribution < 1.29 is 9.47 Å². The Labute approximate surface area is 143 Å². The topological polar surface area (TPSA) is 18.5 Å². The highest BCUT2D eigenvalue weighted by Crippen LogP contribution is 2.52. The molecule has 3 unspecified atom stereocenters. The number of rotatable bonds is 3. The fourth-order valence-corrected chi connectivity index (χ4v) is 4.59. The highest BCUT2D eigenvalue weighted by Gasteiger charge is 2.47. The smallest absolute Gasteiger partial charge is 0.162 e. The van der Waals surface area contributed by atoms with E-state index in [1.54, 1.807) is 0 Å². The highest BCUT2D eigenvalue weighted by molar-refractivity contribution is 5.26. The van der Waals surface area contributed by atoms with Gasteiger partial charge in [0.1, 0.15) is 12.2 Å². The van der Waals surface area contributed by atoms with Gasteiger partial charge in [-0.25, -0.2) is 0 Å². The van der Waals surface area contributed by atoms with Crippen molar-refractivity contribution in [1.29, 1.82) is 0 Å². The monoisotopic (exact) mass is 318 g/mol. The minimum Gasteiger partial charge on any atom is -0.341 e. The van der Waals surface area contributed by atoms with Crippen LogP contribution in [0.25, 0.3) is 0 Å². The van der Waals surface area contributed by atoms with Crippen LogP contribution < -0.4 is 0 Å². The van der Waals surface area contributed by atoms with Crippen molar-refractivity contribution in [3.05, 3.63) is 83.9 Å². The molecule has 1 aliphatic heterocycles. The Hall–Kier alpha value is -1.90. The predicted molar refractivity (Wildman–Crippen MR) is 93.2 cm³/mol. The number of hydrogen-bond donors (Lipinski definition) is 0. The summed E-state index contributed by atoms with van der Waals surface area (Å²) in [5.41, 5.74) is 2.40. The Kier molecular flexibility index (Phi) is 3.53. The van der Waals surface area contributed by atoms with E-state index in [0.717, 1.165) is 5.92 Å². The van der Waals surface area contributed by atoms with Gasteiger partial charge in [0.15, 0.2) is 6.29 Å². The minimum atomic E-state index is -0.0969. The number of hydrogen-bond acceptors (Lipinski definition) is 2. The second kappa shape index (κ2) is 5.87. The summed E-state index contributed by atoms with van der Waals surface area (Å²) in [5, 5.41) is 0. The molecule has 2 heteroatoms. The van der Waals surface area contributed by atoms with E-state index in [-0.39, 0.29) is 18.5 Å². The summed E-state index contributed by atoms with van der Waals surface area (Å²) in [7, 11) is 0. The maximum absolute atomic E-state index is 6.49. The number of fused-ring (bicyclic) bond motifs is 2. The highest BCUT2D eigenvalue weighted by atomic mass is 16.7. The summed E-state index contributed by atoms with van der Waals surface area (Å²) in [6.07, 6.45) is 7.08. The lowest BCUT2D eigenvalue weighted by molar-refractivity contribution is -0.111. The first kappa shape index (κ1) is 14.4. The van der Waals surface area contributed by atoms with E-state index in [4.69, 9.17) is 9.47 Å². The lowest BCUT2D eigenvalue weighted by Crippen LogP contribution is -2.25. The van der Waals surface area contributed by atoms with Crippen molar-refractivity contribution >= 4 is 0 Å². The van der Waals surface area contributed by atoms with E-state index in [2.05, 4.69) is 72.8 Å². The van der Waals surface area contributed by atoms with Gasteiger partial charge < -0.3 is 9.47 Å². The van der Waals surface area contributed by atoms with E-state index >= 15 is 0 Å². The standard InChI is InChI=1S/C22H22O2/c1-3-7-16(8-4-1)20-21(17-9-5-2-6-10-17)24-22(23-20)19-14-15-11-12-18(19)13-15/h1-12,15,18-22H,13-14H2/t15?,18?,19?,20-,21-/m0/s1. The summed E-state index contributed by atoms with van der Waals surface area (Å²) in [6.45, 7) is 0. The third-order valence-electron chi connectivity index (χ3n) is 5.77. The van der Waals surface area contributed by atoms with Gasteiger partial charge in [-0.05, 0) is 35.8 Å².